The van der Waals surface area contributed by atoms with Gasteiger partial charge in [0.15, 0.2) is 0 Å². The Morgan fingerprint density at radius 3 is 2.40 bits per heavy atom. The maximum absolute atomic E-state index is 12.3. The Morgan fingerprint density at radius 1 is 1.12 bits per heavy atom. The van der Waals surface area contributed by atoms with Crippen LogP contribution in [0.3, 0.4) is 0 Å². The number of carbonyl (C=O) groups excluding carboxylic acids is 2. The van der Waals surface area contributed by atoms with Crippen molar-refractivity contribution >= 4 is 17.6 Å². The van der Waals surface area contributed by atoms with Gasteiger partial charge in [0.1, 0.15) is 0 Å². The maximum Gasteiger partial charge on any atom is 0.319 e. The van der Waals surface area contributed by atoms with Crippen LogP contribution in [0.2, 0.25) is 0 Å². The average Bonchev–Trinajstić information content (AvgIpc) is 3.16. The normalized spacial score (nSPS) is 15.0. The molecule has 3 amide bonds. The second-order valence-corrected chi connectivity index (χ2v) is 6.83. The number of amides is 3. The Bertz CT molecular complexity index is 551. The summed E-state index contributed by atoms with van der Waals surface area (Å²) in [6.07, 6.45) is 6.79. The standard InChI is InChI=1S/C20H31N3O2/c1-3-5-8-16(4-2)15-21-20(25)22-18-11-9-17(10-12-18)19(24)23-13-6-7-14-23/h9-12,16H,3-8,13-15H2,1-2H3,(H2,21,22,25). The zero-order valence-electron chi connectivity index (χ0n) is 15.5. The van der Waals surface area contributed by atoms with Gasteiger partial charge in [-0.25, -0.2) is 4.79 Å². The summed E-state index contributed by atoms with van der Waals surface area (Å²) >= 11 is 0. The van der Waals surface area contributed by atoms with E-state index in [0.29, 0.717) is 23.7 Å². The smallest absolute Gasteiger partial charge is 0.319 e. The second-order valence-electron chi connectivity index (χ2n) is 6.83. The van der Waals surface area contributed by atoms with Crippen LogP contribution in [0.25, 0.3) is 0 Å². The van der Waals surface area contributed by atoms with Crippen LogP contribution in [0.1, 0.15) is 62.7 Å². The van der Waals surface area contributed by atoms with Crippen molar-refractivity contribution in [3.8, 4) is 0 Å². The SMILES string of the molecule is CCCCC(CC)CNC(=O)Nc1ccc(C(=O)N2CCCC2)cc1. The molecule has 1 aliphatic rings. The number of urea groups is 1. The minimum Gasteiger partial charge on any atom is -0.339 e. The fraction of sp³-hybridized carbons (Fsp3) is 0.600. The summed E-state index contributed by atoms with van der Waals surface area (Å²) in [5.74, 6) is 0.612. The highest BCUT2D eigenvalue weighted by atomic mass is 16.2. The van der Waals surface area contributed by atoms with Gasteiger partial charge in [-0.1, -0.05) is 33.1 Å². The first-order valence-corrected chi connectivity index (χ1v) is 9.58. The van der Waals surface area contributed by atoms with Crippen LogP contribution in [0, 0.1) is 5.92 Å². The van der Waals surface area contributed by atoms with Crippen LogP contribution in [0.15, 0.2) is 24.3 Å². The third-order valence-electron chi connectivity index (χ3n) is 4.88. The molecule has 1 aliphatic heterocycles. The summed E-state index contributed by atoms with van der Waals surface area (Å²) in [6.45, 7) is 6.74. The van der Waals surface area contributed by atoms with Crippen LogP contribution >= 0.6 is 0 Å². The predicted octanol–water partition coefficient (Wildman–Crippen LogP) is 4.26. The highest BCUT2D eigenvalue weighted by Crippen LogP contribution is 2.16. The molecule has 0 spiro atoms. The first-order chi connectivity index (χ1) is 12.1. The van der Waals surface area contributed by atoms with E-state index >= 15 is 0 Å². The molecular weight excluding hydrogens is 314 g/mol. The van der Waals surface area contributed by atoms with Crippen molar-refractivity contribution in [1.82, 2.24) is 10.2 Å². The first kappa shape index (κ1) is 19.3. The number of likely N-dealkylation sites (tertiary alicyclic amines) is 1. The van der Waals surface area contributed by atoms with E-state index in [2.05, 4.69) is 24.5 Å². The van der Waals surface area contributed by atoms with E-state index < -0.39 is 0 Å². The molecule has 0 bridgehead atoms. The zero-order valence-corrected chi connectivity index (χ0v) is 15.5. The van der Waals surface area contributed by atoms with Crippen molar-refractivity contribution in [1.29, 1.82) is 0 Å². The minimum atomic E-state index is -0.187. The van der Waals surface area contributed by atoms with Crippen LogP contribution in [-0.4, -0.2) is 36.5 Å². The topological polar surface area (TPSA) is 61.4 Å². The number of unbranched alkanes of at least 4 members (excludes halogenated alkanes) is 1. The van der Waals surface area contributed by atoms with Crippen LogP contribution in [-0.2, 0) is 0 Å². The lowest BCUT2D eigenvalue weighted by Crippen LogP contribution is -2.33. The number of nitrogens with zero attached hydrogens (tertiary/aromatic N) is 1. The number of benzene rings is 1. The molecule has 1 saturated heterocycles. The van der Waals surface area contributed by atoms with Crippen molar-refractivity contribution in [3.05, 3.63) is 29.8 Å². The molecule has 1 unspecified atom stereocenters. The lowest BCUT2D eigenvalue weighted by molar-refractivity contribution is 0.0793. The largest absolute Gasteiger partial charge is 0.339 e. The van der Waals surface area contributed by atoms with E-state index in [4.69, 9.17) is 0 Å². The Balaban J connectivity index is 1.79. The fourth-order valence-corrected chi connectivity index (χ4v) is 3.15. The highest BCUT2D eigenvalue weighted by molar-refractivity contribution is 5.95. The number of anilines is 1. The van der Waals surface area contributed by atoms with E-state index in [1.807, 2.05) is 4.90 Å². The number of rotatable bonds is 8. The summed E-state index contributed by atoms with van der Waals surface area (Å²) in [4.78, 5) is 26.2. The van der Waals surface area contributed by atoms with Gasteiger partial charge >= 0.3 is 6.03 Å². The van der Waals surface area contributed by atoms with E-state index in [9.17, 15) is 9.59 Å². The molecule has 0 aromatic heterocycles. The van der Waals surface area contributed by atoms with Gasteiger partial charge in [0.25, 0.3) is 5.91 Å². The Hall–Kier alpha value is -2.04. The Labute approximate surface area is 151 Å². The molecule has 0 saturated carbocycles. The molecule has 138 valence electrons. The summed E-state index contributed by atoms with van der Waals surface area (Å²) < 4.78 is 0. The lowest BCUT2D eigenvalue weighted by Gasteiger charge is -2.16. The summed E-state index contributed by atoms with van der Waals surface area (Å²) in [5.41, 5.74) is 1.38. The molecule has 1 atom stereocenters. The molecule has 1 aromatic carbocycles. The first-order valence-electron chi connectivity index (χ1n) is 9.58. The van der Waals surface area contributed by atoms with Crippen molar-refractivity contribution in [2.75, 3.05) is 25.0 Å². The van der Waals surface area contributed by atoms with Gasteiger partial charge in [0, 0.05) is 30.9 Å². The van der Waals surface area contributed by atoms with Gasteiger partial charge in [0.05, 0.1) is 0 Å². The third-order valence-corrected chi connectivity index (χ3v) is 4.88. The van der Waals surface area contributed by atoms with E-state index in [1.165, 1.54) is 12.8 Å². The summed E-state index contributed by atoms with van der Waals surface area (Å²) in [6, 6.07) is 6.96. The van der Waals surface area contributed by atoms with Crippen LogP contribution in [0.5, 0.6) is 0 Å². The van der Waals surface area contributed by atoms with Crippen molar-refractivity contribution in [2.24, 2.45) is 5.92 Å². The van der Waals surface area contributed by atoms with E-state index in [-0.39, 0.29) is 11.9 Å². The number of hydrogen-bond acceptors (Lipinski definition) is 2. The third kappa shape index (κ3) is 6.07. The van der Waals surface area contributed by atoms with Gasteiger partial charge in [-0.05, 0) is 49.4 Å². The molecule has 25 heavy (non-hydrogen) atoms. The molecule has 2 rings (SSSR count). The van der Waals surface area contributed by atoms with Crippen molar-refractivity contribution < 1.29 is 9.59 Å². The van der Waals surface area contributed by atoms with Gasteiger partial charge in [-0.2, -0.15) is 0 Å². The van der Waals surface area contributed by atoms with Crippen LogP contribution < -0.4 is 10.6 Å². The molecule has 1 aromatic rings. The zero-order chi connectivity index (χ0) is 18.1. The van der Waals surface area contributed by atoms with Gasteiger partial charge in [0.2, 0.25) is 0 Å². The highest BCUT2D eigenvalue weighted by Gasteiger charge is 2.19. The molecule has 1 fully saturated rings. The second kappa shape index (κ2) is 10.1. The van der Waals surface area contributed by atoms with Gasteiger partial charge < -0.3 is 15.5 Å². The van der Waals surface area contributed by atoms with Gasteiger partial charge in [-0.15, -0.1) is 0 Å². The number of nitrogens with one attached hydrogen (secondary N) is 2. The molecule has 0 radical (unpaired) electrons. The molecular formula is C20H31N3O2. The summed E-state index contributed by atoms with van der Waals surface area (Å²) in [7, 11) is 0. The van der Waals surface area contributed by atoms with Crippen molar-refractivity contribution in [2.45, 2.75) is 52.4 Å². The Kier molecular flexibility index (Phi) is 7.76. The minimum absolute atomic E-state index is 0.0789. The van der Waals surface area contributed by atoms with E-state index in [0.717, 1.165) is 38.8 Å². The van der Waals surface area contributed by atoms with Crippen LogP contribution in [0.4, 0.5) is 10.5 Å². The maximum atomic E-state index is 12.3. The number of hydrogen-bond donors (Lipinski definition) is 2. The molecule has 1 heterocycles. The number of carbonyl (C=O) groups is 2. The van der Waals surface area contributed by atoms with Crippen molar-refractivity contribution in [3.63, 3.8) is 0 Å². The molecule has 5 heteroatoms. The Morgan fingerprint density at radius 2 is 1.80 bits per heavy atom. The van der Waals surface area contributed by atoms with E-state index in [1.54, 1.807) is 24.3 Å². The molecule has 2 N–H and O–H groups in total. The molecule has 0 aliphatic carbocycles. The predicted molar refractivity (Wildman–Crippen MR) is 102 cm³/mol. The molecule has 5 nitrogen and oxygen atoms in total. The lowest BCUT2D eigenvalue weighted by atomic mass is 9.99. The fourth-order valence-electron chi connectivity index (χ4n) is 3.15. The monoisotopic (exact) mass is 345 g/mol. The quantitative estimate of drug-likeness (QED) is 0.739. The van der Waals surface area contributed by atoms with Gasteiger partial charge in [-0.3, -0.25) is 4.79 Å². The average molecular weight is 345 g/mol. The summed E-state index contributed by atoms with van der Waals surface area (Å²) in [5, 5.41) is 5.79.